The zero-order chi connectivity index (χ0) is 10.6. The average Bonchev–Trinajstić information content (AvgIpc) is 2.15. The summed E-state index contributed by atoms with van der Waals surface area (Å²) in [5.41, 5.74) is 8.42. The third kappa shape index (κ3) is 3.13. The fraction of sp³-hybridized carbons (Fsp3) is 0.500. The van der Waals surface area contributed by atoms with Crippen molar-refractivity contribution in [1.29, 1.82) is 0 Å². The Morgan fingerprint density at radius 1 is 1.29 bits per heavy atom. The minimum absolute atomic E-state index is 0.0152. The summed E-state index contributed by atoms with van der Waals surface area (Å²) in [6, 6.07) is 8.15. The lowest BCUT2D eigenvalue weighted by Crippen LogP contribution is -2.20. The van der Waals surface area contributed by atoms with Crippen molar-refractivity contribution < 1.29 is 4.74 Å². The van der Waals surface area contributed by atoms with Crippen LogP contribution in [-0.4, -0.2) is 12.7 Å². The summed E-state index contributed by atoms with van der Waals surface area (Å²) in [4.78, 5) is 0. The van der Waals surface area contributed by atoms with Gasteiger partial charge in [0.05, 0.1) is 18.8 Å². The van der Waals surface area contributed by atoms with Gasteiger partial charge in [-0.05, 0) is 31.9 Å². The number of ether oxygens (including phenoxy) is 1. The van der Waals surface area contributed by atoms with Crippen LogP contribution in [0.15, 0.2) is 24.3 Å². The Balaban J connectivity index is 2.60. The van der Waals surface area contributed by atoms with Gasteiger partial charge < -0.3 is 10.5 Å². The molecular weight excluding hydrogens is 174 g/mol. The van der Waals surface area contributed by atoms with Crippen LogP contribution in [0.5, 0.6) is 0 Å². The molecule has 2 nitrogen and oxygen atoms in total. The highest BCUT2D eigenvalue weighted by Crippen LogP contribution is 2.15. The third-order valence-electron chi connectivity index (χ3n) is 2.20. The van der Waals surface area contributed by atoms with E-state index in [0.29, 0.717) is 6.61 Å². The molecule has 1 unspecified atom stereocenters. The highest BCUT2D eigenvalue weighted by atomic mass is 16.5. The molecule has 1 atom stereocenters. The highest BCUT2D eigenvalue weighted by Gasteiger charge is 2.08. The Labute approximate surface area is 86.1 Å². The quantitative estimate of drug-likeness (QED) is 0.797. The van der Waals surface area contributed by atoms with Crippen LogP contribution < -0.4 is 5.73 Å². The zero-order valence-corrected chi connectivity index (χ0v) is 9.16. The molecule has 0 radical (unpaired) electrons. The molecule has 1 aromatic carbocycles. The molecule has 2 N–H and O–H groups in total. The number of benzene rings is 1. The number of nitrogens with two attached hydrogens (primary N) is 1. The molecule has 0 fully saturated rings. The lowest BCUT2D eigenvalue weighted by Gasteiger charge is -2.16. The Morgan fingerprint density at radius 3 is 2.50 bits per heavy atom. The second-order valence-electron chi connectivity index (χ2n) is 3.85. The summed E-state index contributed by atoms with van der Waals surface area (Å²) in [7, 11) is 0. The van der Waals surface area contributed by atoms with Crippen LogP contribution in [0.1, 0.15) is 31.0 Å². The first-order chi connectivity index (χ1) is 6.61. The lowest BCUT2D eigenvalue weighted by atomic mass is 10.0. The van der Waals surface area contributed by atoms with Gasteiger partial charge >= 0.3 is 0 Å². The van der Waals surface area contributed by atoms with E-state index in [-0.39, 0.29) is 12.1 Å². The molecule has 0 amide bonds. The van der Waals surface area contributed by atoms with Gasteiger partial charge in [0.1, 0.15) is 0 Å². The molecule has 1 rings (SSSR count). The highest BCUT2D eigenvalue weighted by molar-refractivity contribution is 5.28. The smallest absolute Gasteiger partial charge is 0.0662 e. The number of rotatable bonds is 4. The van der Waals surface area contributed by atoms with Crippen molar-refractivity contribution in [3.8, 4) is 0 Å². The van der Waals surface area contributed by atoms with E-state index < -0.39 is 0 Å². The van der Waals surface area contributed by atoms with E-state index in [2.05, 4.69) is 19.1 Å². The molecule has 0 aliphatic carbocycles. The van der Waals surface area contributed by atoms with Crippen LogP contribution in [0.3, 0.4) is 0 Å². The van der Waals surface area contributed by atoms with Gasteiger partial charge in [-0.1, -0.05) is 24.3 Å². The molecular formula is C12H19NO. The van der Waals surface area contributed by atoms with Crippen LogP contribution >= 0.6 is 0 Å². The van der Waals surface area contributed by atoms with Crippen molar-refractivity contribution in [3.05, 3.63) is 35.4 Å². The van der Waals surface area contributed by atoms with E-state index in [4.69, 9.17) is 10.5 Å². The molecule has 1 aromatic rings. The van der Waals surface area contributed by atoms with Crippen molar-refractivity contribution in [3.63, 3.8) is 0 Å². The van der Waals surface area contributed by atoms with Crippen molar-refractivity contribution in [2.45, 2.75) is 32.9 Å². The van der Waals surface area contributed by atoms with E-state index in [1.807, 2.05) is 26.0 Å². The van der Waals surface area contributed by atoms with Gasteiger partial charge in [-0.3, -0.25) is 0 Å². The fourth-order valence-electron chi connectivity index (χ4n) is 1.39. The SMILES string of the molecule is Cc1ccccc1C(N)COC(C)C. The standard InChI is InChI=1S/C12H19NO/c1-9(2)14-8-12(13)11-7-5-4-6-10(11)3/h4-7,9,12H,8,13H2,1-3H3. The van der Waals surface area contributed by atoms with Gasteiger partial charge in [0.15, 0.2) is 0 Å². The van der Waals surface area contributed by atoms with E-state index >= 15 is 0 Å². The summed E-state index contributed by atoms with van der Waals surface area (Å²) in [6.45, 7) is 6.70. The fourth-order valence-corrected chi connectivity index (χ4v) is 1.39. The zero-order valence-electron chi connectivity index (χ0n) is 9.16. The van der Waals surface area contributed by atoms with Crippen LogP contribution in [0.4, 0.5) is 0 Å². The minimum Gasteiger partial charge on any atom is -0.377 e. The monoisotopic (exact) mass is 193 g/mol. The molecule has 2 heteroatoms. The second-order valence-corrected chi connectivity index (χ2v) is 3.85. The van der Waals surface area contributed by atoms with E-state index in [9.17, 15) is 0 Å². The first kappa shape index (κ1) is 11.2. The lowest BCUT2D eigenvalue weighted by molar-refractivity contribution is 0.0682. The van der Waals surface area contributed by atoms with Crippen LogP contribution in [-0.2, 0) is 4.74 Å². The largest absolute Gasteiger partial charge is 0.377 e. The Morgan fingerprint density at radius 2 is 1.93 bits per heavy atom. The number of hydrogen-bond donors (Lipinski definition) is 1. The molecule has 0 spiro atoms. The second kappa shape index (κ2) is 5.13. The molecule has 0 saturated carbocycles. The predicted molar refractivity (Wildman–Crippen MR) is 59.2 cm³/mol. The molecule has 0 heterocycles. The van der Waals surface area contributed by atoms with Crippen molar-refractivity contribution in [1.82, 2.24) is 0 Å². The normalized spacial score (nSPS) is 13.2. The van der Waals surface area contributed by atoms with E-state index in [1.54, 1.807) is 0 Å². The first-order valence-corrected chi connectivity index (χ1v) is 5.04. The van der Waals surface area contributed by atoms with Gasteiger partial charge in [0.25, 0.3) is 0 Å². The number of hydrogen-bond acceptors (Lipinski definition) is 2. The van der Waals surface area contributed by atoms with E-state index in [0.717, 1.165) is 0 Å². The van der Waals surface area contributed by atoms with Gasteiger partial charge in [0, 0.05) is 0 Å². The summed E-state index contributed by atoms with van der Waals surface area (Å²) in [5.74, 6) is 0. The molecule has 78 valence electrons. The van der Waals surface area contributed by atoms with Gasteiger partial charge in [0.2, 0.25) is 0 Å². The summed E-state index contributed by atoms with van der Waals surface area (Å²) < 4.78 is 5.49. The maximum Gasteiger partial charge on any atom is 0.0662 e. The molecule has 0 aliphatic rings. The molecule has 14 heavy (non-hydrogen) atoms. The van der Waals surface area contributed by atoms with Gasteiger partial charge in [-0.15, -0.1) is 0 Å². The topological polar surface area (TPSA) is 35.2 Å². The van der Waals surface area contributed by atoms with Gasteiger partial charge in [-0.2, -0.15) is 0 Å². The van der Waals surface area contributed by atoms with Crippen LogP contribution in [0, 0.1) is 6.92 Å². The Kier molecular flexibility index (Phi) is 4.11. The average molecular weight is 193 g/mol. The molecule has 0 aromatic heterocycles. The molecule has 0 aliphatic heterocycles. The Bertz CT molecular complexity index is 283. The summed E-state index contributed by atoms with van der Waals surface area (Å²) in [5, 5.41) is 0. The van der Waals surface area contributed by atoms with E-state index in [1.165, 1.54) is 11.1 Å². The van der Waals surface area contributed by atoms with Crippen LogP contribution in [0.25, 0.3) is 0 Å². The molecule has 0 bridgehead atoms. The van der Waals surface area contributed by atoms with Gasteiger partial charge in [-0.25, -0.2) is 0 Å². The maximum absolute atomic E-state index is 6.02. The van der Waals surface area contributed by atoms with Crippen molar-refractivity contribution in [2.75, 3.05) is 6.61 Å². The minimum atomic E-state index is -0.0152. The number of aryl methyl sites for hydroxylation is 1. The summed E-state index contributed by atoms with van der Waals surface area (Å²) in [6.07, 6.45) is 0.241. The molecule has 0 saturated heterocycles. The maximum atomic E-state index is 6.02. The summed E-state index contributed by atoms with van der Waals surface area (Å²) >= 11 is 0. The predicted octanol–water partition coefficient (Wildman–Crippen LogP) is 2.42. The van der Waals surface area contributed by atoms with Crippen LogP contribution in [0.2, 0.25) is 0 Å². The Hall–Kier alpha value is -0.860. The third-order valence-corrected chi connectivity index (χ3v) is 2.20. The van der Waals surface area contributed by atoms with Crippen molar-refractivity contribution in [2.24, 2.45) is 5.73 Å². The van der Waals surface area contributed by atoms with Crippen molar-refractivity contribution >= 4 is 0 Å². The first-order valence-electron chi connectivity index (χ1n) is 5.04.